The lowest BCUT2D eigenvalue weighted by Crippen LogP contribution is -2.23. The maximum atomic E-state index is 13.6. The van der Waals surface area contributed by atoms with Gasteiger partial charge in [0, 0.05) is 0 Å². The highest BCUT2D eigenvalue weighted by molar-refractivity contribution is 5.34. The normalized spacial score (nSPS) is 12.4. The summed E-state index contributed by atoms with van der Waals surface area (Å²) >= 11 is 0. The van der Waals surface area contributed by atoms with Crippen molar-refractivity contribution >= 4 is 0 Å². The summed E-state index contributed by atoms with van der Waals surface area (Å²) in [6, 6.07) is 15.5. The minimum atomic E-state index is -0.172. The van der Waals surface area contributed by atoms with E-state index in [0.29, 0.717) is 0 Å². The van der Waals surface area contributed by atoms with Crippen LogP contribution in [0.25, 0.3) is 0 Å². The van der Waals surface area contributed by atoms with Crippen molar-refractivity contribution in [3.8, 4) is 0 Å². The summed E-state index contributed by atoms with van der Waals surface area (Å²) in [6.07, 6.45) is 1.05. The third-order valence-corrected chi connectivity index (χ3v) is 3.13. The molecule has 0 aliphatic heterocycles. The minimum Gasteiger partial charge on any atom is -0.306 e. The molecule has 0 aromatic heterocycles. The minimum absolute atomic E-state index is 0.0514. The predicted molar refractivity (Wildman–Crippen MR) is 77.7 cm³/mol. The molecule has 2 rings (SSSR count). The molecule has 1 unspecified atom stereocenters. The van der Waals surface area contributed by atoms with Crippen LogP contribution in [-0.2, 0) is 0 Å². The summed E-state index contributed by atoms with van der Waals surface area (Å²) < 4.78 is 13.6. The Morgan fingerprint density at radius 3 is 2.42 bits per heavy atom. The highest BCUT2D eigenvalue weighted by Crippen LogP contribution is 2.23. The summed E-state index contributed by atoms with van der Waals surface area (Å²) in [6.45, 7) is 4.97. The van der Waals surface area contributed by atoms with E-state index >= 15 is 0 Å². The van der Waals surface area contributed by atoms with Crippen molar-refractivity contribution in [2.24, 2.45) is 0 Å². The van der Waals surface area contributed by atoms with Gasteiger partial charge >= 0.3 is 0 Å². The third-order valence-electron chi connectivity index (χ3n) is 3.13. The molecule has 0 fully saturated rings. The van der Waals surface area contributed by atoms with Crippen LogP contribution < -0.4 is 5.32 Å². The number of aryl methyl sites for hydroxylation is 1. The molecule has 2 aromatic rings. The van der Waals surface area contributed by atoms with Crippen molar-refractivity contribution in [2.45, 2.75) is 26.3 Å². The quantitative estimate of drug-likeness (QED) is 0.845. The molecule has 0 saturated carbocycles. The standard InChI is InChI=1S/C17H20FN/c1-3-9-19-17(14-7-5-4-6-8-14)15-10-13(2)11-16(18)12-15/h4-8,10-12,17,19H,3,9H2,1-2H3. The average molecular weight is 257 g/mol. The van der Waals surface area contributed by atoms with E-state index in [-0.39, 0.29) is 11.9 Å². The van der Waals surface area contributed by atoms with E-state index < -0.39 is 0 Å². The van der Waals surface area contributed by atoms with E-state index in [1.54, 1.807) is 12.1 Å². The van der Waals surface area contributed by atoms with Crippen LogP contribution in [0.15, 0.2) is 48.5 Å². The Bertz CT molecular complexity index is 502. The van der Waals surface area contributed by atoms with Crippen molar-refractivity contribution in [1.29, 1.82) is 0 Å². The molecule has 1 N–H and O–H groups in total. The van der Waals surface area contributed by atoms with Gasteiger partial charge in [-0.1, -0.05) is 43.3 Å². The number of benzene rings is 2. The molecule has 0 saturated heterocycles. The monoisotopic (exact) mass is 257 g/mol. The third kappa shape index (κ3) is 3.65. The Morgan fingerprint density at radius 2 is 1.79 bits per heavy atom. The molecule has 100 valence electrons. The fourth-order valence-electron chi connectivity index (χ4n) is 2.29. The van der Waals surface area contributed by atoms with Gasteiger partial charge in [-0.15, -0.1) is 0 Å². The van der Waals surface area contributed by atoms with Crippen molar-refractivity contribution in [3.05, 3.63) is 71.0 Å². The SMILES string of the molecule is CCCNC(c1ccccc1)c1cc(C)cc(F)c1. The van der Waals surface area contributed by atoms with Gasteiger partial charge in [-0.25, -0.2) is 4.39 Å². The molecule has 1 nitrogen and oxygen atoms in total. The van der Waals surface area contributed by atoms with E-state index in [1.165, 1.54) is 5.56 Å². The van der Waals surface area contributed by atoms with Gasteiger partial charge in [-0.05, 0) is 48.7 Å². The molecule has 0 amide bonds. The fraction of sp³-hybridized carbons (Fsp3) is 0.294. The predicted octanol–water partition coefficient (Wildman–Crippen LogP) is 4.22. The topological polar surface area (TPSA) is 12.0 Å². The van der Waals surface area contributed by atoms with Crippen LogP contribution in [0.2, 0.25) is 0 Å². The molecular formula is C17H20FN. The Morgan fingerprint density at radius 1 is 1.05 bits per heavy atom. The Labute approximate surface area is 114 Å². The highest BCUT2D eigenvalue weighted by atomic mass is 19.1. The van der Waals surface area contributed by atoms with Gasteiger partial charge in [0.1, 0.15) is 5.82 Å². The lowest BCUT2D eigenvalue weighted by Gasteiger charge is -2.20. The van der Waals surface area contributed by atoms with E-state index in [2.05, 4.69) is 24.4 Å². The number of halogens is 1. The summed E-state index contributed by atoms with van der Waals surface area (Å²) in [4.78, 5) is 0. The van der Waals surface area contributed by atoms with Crippen LogP contribution in [0.1, 0.15) is 36.1 Å². The van der Waals surface area contributed by atoms with Crippen LogP contribution in [0.5, 0.6) is 0 Å². The Kier molecular flexibility index (Phi) is 4.69. The smallest absolute Gasteiger partial charge is 0.123 e. The number of rotatable bonds is 5. The van der Waals surface area contributed by atoms with E-state index in [9.17, 15) is 4.39 Å². The summed E-state index contributed by atoms with van der Waals surface area (Å²) in [5.41, 5.74) is 3.10. The number of hydrogen-bond donors (Lipinski definition) is 1. The van der Waals surface area contributed by atoms with Gasteiger partial charge in [0.25, 0.3) is 0 Å². The molecule has 2 aromatic carbocycles. The van der Waals surface area contributed by atoms with Gasteiger partial charge in [0.2, 0.25) is 0 Å². The molecular weight excluding hydrogens is 237 g/mol. The van der Waals surface area contributed by atoms with Gasteiger partial charge in [0.05, 0.1) is 6.04 Å². The van der Waals surface area contributed by atoms with Crippen LogP contribution >= 0.6 is 0 Å². The van der Waals surface area contributed by atoms with Crippen LogP contribution in [0.3, 0.4) is 0 Å². The first-order valence-corrected chi connectivity index (χ1v) is 6.76. The maximum absolute atomic E-state index is 13.6. The molecule has 0 spiro atoms. The van der Waals surface area contributed by atoms with Crippen LogP contribution in [-0.4, -0.2) is 6.54 Å². The number of hydrogen-bond acceptors (Lipinski definition) is 1. The first-order valence-electron chi connectivity index (χ1n) is 6.76. The lowest BCUT2D eigenvalue weighted by molar-refractivity contribution is 0.584. The second-order valence-electron chi connectivity index (χ2n) is 4.86. The van der Waals surface area contributed by atoms with Crippen molar-refractivity contribution in [3.63, 3.8) is 0 Å². The molecule has 0 bridgehead atoms. The summed E-state index contributed by atoms with van der Waals surface area (Å²) in [7, 11) is 0. The fourth-order valence-corrected chi connectivity index (χ4v) is 2.29. The molecule has 0 radical (unpaired) electrons. The molecule has 0 aliphatic rings. The van der Waals surface area contributed by atoms with Gasteiger partial charge < -0.3 is 5.32 Å². The van der Waals surface area contributed by atoms with Crippen molar-refractivity contribution in [2.75, 3.05) is 6.54 Å². The zero-order valence-electron chi connectivity index (χ0n) is 11.5. The summed E-state index contributed by atoms with van der Waals surface area (Å²) in [5, 5.41) is 3.49. The van der Waals surface area contributed by atoms with Crippen molar-refractivity contribution in [1.82, 2.24) is 5.32 Å². The van der Waals surface area contributed by atoms with E-state index in [4.69, 9.17) is 0 Å². The molecule has 1 atom stereocenters. The summed E-state index contributed by atoms with van der Waals surface area (Å²) in [5.74, 6) is -0.172. The van der Waals surface area contributed by atoms with E-state index in [0.717, 1.165) is 24.1 Å². The molecule has 0 heterocycles. The lowest BCUT2D eigenvalue weighted by atomic mass is 9.97. The van der Waals surface area contributed by atoms with E-state index in [1.807, 2.05) is 31.2 Å². The van der Waals surface area contributed by atoms with Crippen molar-refractivity contribution < 1.29 is 4.39 Å². The van der Waals surface area contributed by atoms with Crippen LogP contribution in [0.4, 0.5) is 4.39 Å². The molecule has 0 aliphatic carbocycles. The zero-order chi connectivity index (χ0) is 13.7. The zero-order valence-corrected chi connectivity index (χ0v) is 11.5. The Balaban J connectivity index is 2.36. The maximum Gasteiger partial charge on any atom is 0.123 e. The molecule has 19 heavy (non-hydrogen) atoms. The second-order valence-corrected chi connectivity index (χ2v) is 4.86. The first-order chi connectivity index (χ1) is 9.20. The van der Waals surface area contributed by atoms with Gasteiger partial charge in [-0.2, -0.15) is 0 Å². The average Bonchev–Trinajstić information content (AvgIpc) is 2.39. The van der Waals surface area contributed by atoms with Gasteiger partial charge in [0.15, 0.2) is 0 Å². The Hall–Kier alpha value is -1.67. The largest absolute Gasteiger partial charge is 0.306 e. The highest BCUT2D eigenvalue weighted by Gasteiger charge is 2.14. The molecule has 2 heteroatoms. The first kappa shape index (κ1) is 13.8. The van der Waals surface area contributed by atoms with Gasteiger partial charge in [-0.3, -0.25) is 0 Å². The number of nitrogens with one attached hydrogen (secondary N) is 1. The second kappa shape index (κ2) is 6.48. The van der Waals surface area contributed by atoms with Crippen LogP contribution in [0, 0.1) is 12.7 Å².